The van der Waals surface area contributed by atoms with Crippen molar-refractivity contribution >= 4 is 23.3 Å². The molecular formula is C22H32N3O3+. The van der Waals surface area contributed by atoms with Crippen molar-refractivity contribution in [2.24, 2.45) is 0 Å². The van der Waals surface area contributed by atoms with Crippen molar-refractivity contribution in [1.82, 2.24) is 0 Å². The number of nitrogens with zero attached hydrogens (tertiary/aromatic N) is 2. The molecule has 152 valence electrons. The zero-order valence-corrected chi connectivity index (χ0v) is 17.5. The highest BCUT2D eigenvalue weighted by molar-refractivity contribution is 6.04. The van der Waals surface area contributed by atoms with E-state index in [4.69, 9.17) is 11.3 Å². The van der Waals surface area contributed by atoms with Crippen LogP contribution >= 0.6 is 0 Å². The average Bonchev–Trinajstić information content (AvgIpc) is 3.17. The van der Waals surface area contributed by atoms with Gasteiger partial charge < -0.3 is 14.5 Å². The number of hydrogen-bond acceptors (Lipinski definition) is 3. The second-order valence-corrected chi connectivity index (χ2v) is 7.50. The zero-order valence-electron chi connectivity index (χ0n) is 17.5. The molecule has 1 atom stereocenters. The quantitative estimate of drug-likeness (QED) is 0.408. The van der Waals surface area contributed by atoms with Gasteiger partial charge >= 0.3 is 5.97 Å². The van der Waals surface area contributed by atoms with Gasteiger partial charge in [0, 0.05) is 19.3 Å². The lowest BCUT2D eigenvalue weighted by Crippen LogP contribution is -2.58. The molecule has 1 heterocycles. The van der Waals surface area contributed by atoms with Crippen LogP contribution in [0.3, 0.4) is 0 Å². The Labute approximate surface area is 168 Å². The average molecular weight is 387 g/mol. The number of rotatable bonds is 8. The summed E-state index contributed by atoms with van der Waals surface area (Å²) in [6.45, 7) is 18.3. The highest BCUT2D eigenvalue weighted by atomic mass is 16.5. The van der Waals surface area contributed by atoms with E-state index in [1.54, 1.807) is 13.0 Å². The smallest absolute Gasteiger partial charge is 0.338 e. The first-order chi connectivity index (χ1) is 13.4. The summed E-state index contributed by atoms with van der Waals surface area (Å²) in [5.41, 5.74) is 1.77. The van der Waals surface area contributed by atoms with E-state index in [9.17, 15) is 9.59 Å². The number of hydrogen-bond donors (Lipinski definition) is 1. The van der Waals surface area contributed by atoms with Gasteiger partial charge in [-0.2, -0.15) is 0 Å². The lowest BCUT2D eigenvalue weighted by atomic mass is 10.0. The number of quaternary nitrogens is 1. The van der Waals surface area contributed by atoms with Gasteiger partial charge in [0.15, 0.2) is 11.7 Å². The number of esters is 1. The van der Waals surface area contributed by atoms with Gasteiger partial charge in [0.1, 0.15) is 0 Å². The van der Waals surface area contributed by atoms with E-state index in [1.165, 1.54) is 6.07 Å². The molecule has 1 amide bonds. The predicted octanol–water partition coefficient (Wildman–Crippen LogP) is 4.46. The van der Waals surface area contributed by atoms with Crippen LogP contribution < -0.4 is 5.32 Å². The van der Waals surface area contributed by atoms with Gasteiger partial charge in [0.2, 0.25) is 0 Å². The number of amides is 1. The maximum atomic E-state index is 13.4. The Morgan fingerprint density at radius 1 is 1.25 bits per heavy atom. The first kappa shape index (κ1) is 21.9. The molecule has 0 bridgehead atoms. The molecule has 0 aliphatic carbocycles. The molecule has 6 heteroatoms. The van der Waals surface area contributed by atoms with Crippen molar-refractivity contribution in [3.63, 3.8) is 0 Å². The van der Waals surface area contributed by atoms with Crippen LogP contribution in [0.15, 0.2) is 12.1 Å². The highest BCUT2D eigenvalue weighted by Gasteiger charge is 2.42. The second-order valence-electron chi connectivity index (χ2n) is 7.50. The van der Waals surface area contributed by atoms with E-state index in [0.29, 0.717) is 16.9 Å². The molecule has 1 aliphatic heterocycles. The van der Waals surface area contributed by atoms with Crippen LogP contribution in [0.1, 0.15) is 62.4 Å². The minimum atomic E-state index is -0.515. The fourth-order valence-electron chi connectivity index (χ4n) is 4.32. The maximum Gasteiger partial charge on any atom is 0.338 e. The van der Waals surface area contributed by atoms with E-state index in [2.05, 4.69) is 24.0 Å². The molecule has 1 unspecified atom stereocenters. The Kier molecular flexibility index (Phi) is 7.59. The fraction of sp³-hybridized carbons (Fsp3) is 0.591. The van der Waals surface area contributed by atoms with E-state index in [1.807, 2.05) is 6.92 Å². The van der Waals surface area contributed by atoms with Crippen molar-refractivity contribution < 1.29 is 18.8 Å². The molecular weight excluding hydrogens is 354 g/mol. The summed E-state index contributed by atoms with van der Waals surface area (Å²) >= 11 is 0. The van der Waals surface area contributed by atoms with Crippen molar-refractivity contribution in [3.8, 4) is 0 Å². The molecule has 2 rings (SSSR count). The van der Waals surface area contributed by atoms with Gasteiger partial charge in [0.25, 0.3) is 5.91 Å². The summed E-state index contributed by atoms with van der Waals surface area (Å²) in [7, 11) is 0. The minimum Gasteiger partial charge on any atom is -0.462 e. The molecule has 0 radical (unpaired) electrons. The molecule has 0 spiro atoms. The van der Waals surface area contributed by atoms with Crippen LogP contribution in [0.2, 0.25) is 0 Å². The first-order valence-corrected chi connectivity index (χ1v) is 10.3. The summed E-state index contributed by atoms with van der Waals surface area (Å²) in [6.07, 6.45) is 4.04. The van der Waals surface area contributed by atoms with Crippen LogP contribution in [0, 0.1) is 13.5 Å². The Balaban J connectivity index is 2.40. The largest absolute Gasteiger partial charge is 0.462 e. The van der Waals surface area contributed by atoms with Crippen LogP contribution in [-0.4, -0.2) is 48.6 Å². The van der Waals surface area contributed by atoms with Gasteiger partial charge in [-0.3, -0.25) is 4.79 Å². The number of ether oxygens (including phenoxy) is 1. The van der Waals surface area contributed by atoms with Crippen molar-refractivity contribution in [2.45, 2.75) is 59.4 Å². The van der Waals surface area contributed by atoms with Crippen LogP contribution in [0.5, 0.6) is 0 Å². The summed E-state index contributed by atoms with van der Waals surface area (Å²) in [4.78, 5) is 29.2. The molecule has 1 fully saturated rings. The normalized spacial score (nSPS) is 16.2. The Morgan fingerprint density at radius 3 is 2.46 bits per heavy atom. The molecule has 6 nitrogen and oxygen atoms in total. The van der Waals surface area contributed by atoms with Crippen molar-refractivity contribution in [3.05, 3.63) is 34.7 Å². The summed E-state index contributed by atoms with van der Waals surface area (Å²) in [5, 5.41) is 3.03. The van der Waals surface area contributed by atoms with Gasteiger partial charge in [-0.25, -0.2) is 9.64 Å². The number of aryl methyl sites for hydroxylation is 1. The van der Waals surface area contributed by atoms with Crippen molar-refractivity contribution in [2.75, 3.05) is 31.6 Å². The molecule has 1 aliphatic rings. The number of anilines is 1. The molecule has 0 saturated carbocycles. The Morgan fingerprint density at radius 2 is 1.93 bits per heavy atom. The number of likely N-dealkylation sites (tertiary alicyclic amines) is 1. The number of likely N-dealkylation sites (N-methyl/N-ethyl adjacent to an activating group) is 1. The monoisotopic (exact) mass is 386 g/mol. The lowest BCUT2D eigenvalue weighted by Gasteiger charge is -2.40. The minimum absolute atomic E-state index is 0.0465. The fourth-order valence-corrected chi connectivity index (χ4v) is 4.32. The van der Waals surface area contributed by atoms with E-state index in [0.717, 1.165) is 49.8 Å². The van der Waals surface area contributed by atoms with Crippen LogP contribution in [0.4, 0.5) is 11.4 Å². The molecule has 0 aromatic heterocycles. The molecule has 1 saturated heterocycles. The number of carbonyl (C=O) groups excluding carboxylic acids is 2. The van der Waals surface area contributed by atoms with Crippen LogP contribution in [-0.2, 0) is 9.53 Å². The molecule has 28 heavy (non-hydrogen) atoms. The van der Waals surface area contributed by atoms with Gasteiger partial charge in [-0.15, -0.1) is 0 Å². The topological polar surface area (TPSA) is 59.8 Å². The molecule has 1 aromatic carbocycles. The third-order valence-corrected chi connectivity index (χ3v) is 5.81. The maximum absolute atomic E-state index is 13.4. The Bertz CT molecular complexity index is 761. The third kappa shape index (κ3) is 4.53. The van der Waals surface area contributed by atoms with E-state index in [-0.39, 0.29) is 24.1 Å². The van der Waals surface area contributed by atoms with Crippen LogP contribution in [0.25, 0.3) is 4.85 Å². The zero-order chi connectivity index (χ0) is 20.7. The number of carbonyl (C=O) groups is 2. The van der Waals surface area contributed by atoms with Crippen molar-refractivity contribution in [1.29, 1.82) is 0 Å². The lowest BCUT2D eigenvalue weighted by molar-refractivity contribution is -0.930. The molecule has 1 N–H and O–H groups in total. The van der Waals surface area contributed by atoms with E-state index < -0.39 is 5.97 Å². The standard InChI is InChI=1S/C22H31N3O3/c1-6-11-19(25(7-2)12-9-10-13-25)21(26)24-20-16(4)14-17(23-5)15-18(20)22(27)28-8-3/h14-15,19H,6-13H2,1-4H3/p+1. The SMILES string of the molecule is [C-]#[N+]c1cc(C)c(NC(=O)C(CCC)[N+]2(CC)CCCC2)c(C(=O)OCC)c1. The Hall–Kier alpha value is -2.39. The molecule has 1 aromatic rings. The second kappa shape index (κ2) is 9.70. The highest BCUT2D eigenvalue weighted by Crippen LogP contribution is 2.31. The van der Waals surface area contributed by atoms with Gasteiger partial charge in [0.05, 0.1) is 44.1 Å². The first-order valence-electron chi connectivity index (χ1n) is 10.3. The predicted molar refractivity (Wildman–Crippen MR) is 110 cm³/mol. The third-order valence-electron chi connectivity index (χ3n) is 5.81. The van der Waals surface area contributed by atoms with Gasteiger partial charge in [-0.1, -0.05) is 13.0 Å². The summed E-state index contributed by atoms with van der Waals surface area (Å²) in [5.74, 6) is -0.561. The summed E-state index contributed by atoms with van der Waals surface area (Å²) in [6, 6.07) is 3.07. The number of benzene rings is 1. The summed E-state index contributed by atoms with van der Waals surface area (Å²) < 4.78 is 5.97. The number of nitrogens with one attached hydrogen (secondary N) is 1. The van der Waals surface area contributed by atoms with E-state index >= 15 is 0 Å². The van der Waals surface area contributed by atoms with Gasteiger partial charge in [-0.05, 0) is 38.8 Å².